The summed E-state index contributed by atoms with van der Waals surface area (Å²) in [6.07, 6.45) is 0.655. The predicted molar refractivity (Wildman–Crippen MR) is 85.7 cm³/mol. The maximum absolute atomic E-state index is 12.3. The normalized spacial score (nSPS) is 11.5. The Bertz CT molecular complexity index is 740. The molecule has 0 aliphatic rings. The smallest absolute Gasteiger partial charge is 0.240 e. The van der Waals surface area contributed by atoms with Crippen molar-refractivity contribution in [3.05, 3.63) is 59.2 Å². The average molecular weight is 304 g/mol. The van der Waals surface area contributed by atoms with Gasteiger partial charge in [-0.05, 0) is 43.5 Å². The minimum absolute atomic E-state index is 0.242. The van der Waals surface area contributed by atoms with Crippen LogP contribution in [-0.4, -0.2) is 15.0 Å². The summed E-state index contributed by atoms with van der Waals surface area (Å²) < 4.78 is 27.2. The predicted octanol–water partition coefficient (Wildman–Crippen LogP) is 2.41. The fourth-order valence-electron chi connectivity index (χ4n) is 2.18. The largest absolute Gasteiger partial charge is 0.399 e. The van der Waals surface area contributed by atoms with Crippen LogP contribution in [0.3, 0.4) is 0 Å². The Kier molecular flexibility index (Phi) is 4.65. The van der Waals surface area contributed by atoms with Gasteiger partial charge in [0.2, 0.25) is 10.0 Å². The van der Waals surface area contributed by atoms with E-state index in [0.717, 1.165) is 5.56 Å². The molecule has 21 heavy (non-hydrogen) atoms. The van der Waals surface area contributed by atoms with Crippen LogP contribution in [0.4, 0.5) is 5.69 Å². The van der Waals surface area contributed by atoms with E-state index in [9.17, 15) is 8.42 Å². The molecule has 0 saturated heterocycles. The van der Waals surface area contributed by atoms with E-state index in [-0.39, 0.29) is 4.90 Å². The molecule has 2 rings (SSSR count). The molecular weight excluding hydrogens is 284 g/mol. The molecule has 0 aliphatic carbocycles. The number of anilines is 1. The maximum atomic E-state index is 12.3. The van der Waals surface area contributed by atoms with Crippen molar-refractivity contribution >= 4 is 15.7 Å². The topological polar surface area (TPSA) is 72.2 Å². The van der Waals surface area contributed by atoms with Crippen LogP contribution in [-0.2, 0) is 16.4 Å². The minimum Gasteiger partial charge on any atom is -0.399 e. The molecule has 0 aliphatic heterocycles. The Labute approximate surface area is 126 Å². The van der Waals surface area contributed by atoms with Crippen LogP contribution in [0.1, 0.15) is 16.7 Å². The molecule has 0 amide bonds. The minimum atomic E-state index is -3.52. The summed E-state index contributed by atoms with van der Waals surface area (Å²) in [5, 5.41) is 0. The van der Waals surface area contributed by atoms with E-state index in [1.807, 2.05) is 25.1 Å². The third-order valence-electron chi connectivity index (χ3n) is 3.29. The van der Waals surface area contributed by atoms with Gasteiger partial charge in [0.1, 0.15) is 0 Å². The SMILES string of the molecule is Cc1cccc(CCNS(=O)(=O)c2cc(N)ccc2C)c1. The van der Waals surface area contributed by atoms with Crippen LogP contribution >= 0.6 is 0 Å². The molecule has 112 valence electrons. The van der Waals surface area contributed by atoms with Gasteiger partial charge in [-0.15, -0.1) is 0 Å². The molecule has 0 radical (unpaired) electrons. The maximum Gasteiger partial charge on any atom is 0.240 e. The lowest BCUT2D eigenvalue weighted by atomic mass is 10.1. The van der Waals surface area contributed by atoms with Gasteiger partial charge in [-0.2, -0.15) is 0 Å². The Morgan fingerprint density at radius 1 is 1.10 bits per heavy atom. The van der Waals surface area contributed by atoms with Crippen molar-refractivity contribution < 1.29 is 8.42 Å². The summed E-state index contributed by atoms with van der Waals surface area (Å²) in [6, 6.07) is 12.9. The number of hydrogen-bond donors (Lipinski definition) is 2. The second-order valence-electron chi connectivity index (χ2n) is 5.16. The highest BCUT2D eigenvalue weighted by atomic mass is 32.2. The van der Waals surface area contributed by atoms with Crippen LogP contribution in [0.25, 0.3) is 0 Å². The van der Waals surface area contributed by atoms with Crippen LogP contribution in [0, 0.1) is 13.8 Å². The summed E-state index contributed by atoms with van der Waals surface area (Å²) in [5.74, 6) is 0. The highest BCUT2D eigenvalue weighted by molar-refractivity contribution is 7.89. The first-order valence-corrected chi connectivity index (χ1v) is 8.28. The Hall–Kier alpha value is -1.85. The number of aryl methyl sites for hydroxylation is 2. The molecule has 5 heteroatoms. The van der Waals surface area contributed by atoms with E-state index in [1.54, 1.807) is 19.1 Å². The Morgan fingerprint density at radius 2 is 1.86 bits per heavy atom. The van der Waals surface area contributed by atoms with Crippen molar-refractivity contribution in [3.63, 3.8) is 0 Å². The van der Waals surface area contributed by atoms with Gasteiger partial charge in [0, 0.05) is 12.2 Å². The standard InChI is InChI=1S/C16H20N2O2S/c1-12-4-3-5-14(10-12)8-9-18-21(19,20)16-11-15(17)7-6-13(16)2/h3-7,10-11,18H,8-9,17H2,1-2H3. The van der Waals surface area contributed by atoms with Gasteiger partial charge in [0.15, 0.2) is 0 Å². The molecule has 0 atom stereocenters. The molecule has 0 saturated carbocycles. The van der Waals surface area contributed by atoms with E-state index >= 15 is 0 Å². The number of nitrogens with one attached hydrogen (secondary N) is 1. The molecule has 0 bridgehead atoms. The van der Waals surface area contributed by atoms with Crippen molar-refractivity contribution in [2.75, 3.05) is 12.3 Å². The van der Waals surface area contributed by atoms with E-state index in [4.69, 9.17) is 5.73 Å². The lowest BCUT2D eigenvalue weighted by molar-refractivity contribution is 0.581. The van der Waals surface area contributed by atoms with Gasteiger partial charge in [-0.1, -0.05) is 35.9 Å². The number of hydrogen-bond acceptors (Lipinski definition) is 3. The third-order valence-corrected chi connectivity index (χ3v) is 4.89. The van der Waals surface area contributed by atoms with E-state index in [1.165, 1.54) is 11.6 Å². The van der Waals surface area contributed by atoms with Crippen LogP contribution in [0.5, 0.6) is 0 Å². The summed E-state index contributed by atoms with van der Waals surface area (Å²) in [5.41, 5.74) is 9.08. The number of rotatable bonds is 5. The molecule has 0 heterocycles. The van der Waals surface area contributed by atoms with Gasteiger partial charge in [-0.25, -0.2) is 13.1 Å². The molecular formula is C16H20N2O2S. The van der Waals surface area contributed by atoms with Crippen molar-refractivity contribution in [1.82, 2.24) is 4.72 Å². The molecule has 0 unspecified atom stereocenters. The van der Waals surface area contributed by atoms with Crippen LogP contribution in [0.15, 0.2) is 47.4 Å². The second-order valence-corrected chi connectivity index (χ2v) is 6.90. The average Bonchev–Trinajstić information content (AvgIpc) is 2.41. The first kappa shape index (κ1) is 15.5. The zero-order valence-electron chi connectivity index (χ0n) is 12.3. The lowest BCUT2D eigenvalue weighted by Gasteiger charge is -2.10. The fourth-order valence-corrected chi connectivity index (χ4v) is 3.49. The summed E-state index contributed by atoms with van der Waals surface area (Å²) >= 11 is 0. The van der Waals surface area contributed by atoms with Gasteiger partial charge in [0.05, 0.1) is 4.90 Å². The summed E-state index contributed by atoms with van der Waals surface area (Å²) in [7, 11) is -3.52. The van der Waals surface area contributed by atoms with Gasteiger partial charge < -0.3 is 5.73 Å². The number of benzene rings is 2. The van der Waals surface area contributed by atoms with Crippen molar-refractivity contribution in [2.24, 2.45) is 0 Å². The fraction of sp³-hybridized carbons (Fsp3) is 0.250. The first-order valence-electron chi connectivity index (χ1n) is 6.80. The van der Waals surface area contributed by atoms with Crippen molar-refractivity contribution in [2.45, 2.75) is 25.2 Å². The zero-order chi connectivity index (χ0) is 15.5. The molecule has 2 aromatic carbocycles. The molecule has 0 aromatic heterocycles. The van der Waals surface area contributed by atoms with Gasteiger partial charge in [-0.3, -0.25) is 0 Å². The van der Waals surface area contributed by atoms with Crippen molar-refractivity contribution in [1.29, 1.82) is 0 Å². The molecule has 2 aromatic rings. The monoisotopic (exact) mass is 304 g/mol. The summed E-state index contributed by atoms with van der Waals surface area (Å²) in [6.45, 7) is 4.14. The van der Waals surface area contributed by atoms with E-state index in [2.05, 4.69) is 10.8 Å². The van der Waals surface area contributed by atoms with Crippen LogP contribution in [0.2, 0.25) is 0 Å². The lowest BCUT2D eigenvalue weighted by Crippen LogP contribution is -2.26. The molecule has 3 N–H and O–H groups in total. The highest BCUT2D eigenvalue weighted by Gasteiger charge is 2.16. The molecule has 0 spiro atoms. The molecule has 4 nitrogen and oxygen atoms in total. The Morgan fingerprint density at radius 3 is 2.57 bits per heavy atom. The van der Waals surface area contributed by atoms with Gasteiger partial charge >= 0.3 is 0 Å². The van der Waals surface area contributed by atoms with E-state index in [0.29, 0.717) is 24.2 Å². The molecule has 0 fully saturated rings. The summed E-state index contributed by atoms with van der Waals surface area (Å²) in [4.78, 5) is 0.242. The second kappa shape index (κ2) is 6.28. The highest BCUT2D eigenvalue weighted by Crippen LogP contribution is 2.18. The van der Waals surface area contributed by atoms with Gasteiger partial charge in [0.25, 0.3) is 0 Å². The third kappa shape index (κ3) is 4.06. The van der Waals surface area contributed by atoms with Crippen molar-refractivity contribution in [3.8, 4) is 0 Å². The Balaban J connectivity index is 2.06. The first-order chi connectivity index (χ1) is 9.88. The van der Waals surface area contributed by atoms with Crippen LogP contribution < -0.4 is 10.5 Å². The zero-order valence-corrected chi connectivity index (χ0v) is 13.1. The number of nitrogen functional groups attached to an aromatic ring is 1. The number of nitrogens with two attached hydrogens (primary N) is 1. The number of sulfonamides is 1. The van der Waals surface area contributed by atoms with E-state index < -0.39 is 10.0 Å². The quantitative estimate of drug-likeness (QED) is 0.833.